The molecule has 160 valence electrons. The molecule has 1 saturated carbocycles. The molecule has 1 N–H and O–H groups in total. The third-order valence-corrected chi connectivity index (χ3v) is 6.88. The smallest absolute Gasteiger partial charge is 0.249 e. The molecular formula is C22H23F3N2O2S. The number of hydrogen-bond acceptors (Lipinski definition) is 3. The van der Waals surface area contributed by atoms with E-state index in [1.165, 1.54) is 17.0 Å². The van der Waals surface area contributed by atoms with Gasteiger partial charge in [0.1, 0.15) is 5.82 Å². The number of benzene rings is 1. The second-order valence-corrected chi connectivity index (χ2v) is 9.37. The van der Waals surface area contributed by atoms with Crippen LogP contribution in [0, 0.1) is 18.7 Å². The normalized spacial score (nSPS) is 20.4. The number of halogens is 3. The Morgan fingerprint density at radius 3 is 2.60 bits per heavy atom. The summed E-state index contributed by atoms with van der Waals surface area (Å²) < 4.78 is 39.3. The Kier molecular flexibility index (Phi) is 5.61. The quantitative estimate of drug-likeness (QED) is 0.763. The topological polar surface area (TPSA) is 49.4 Å². The predicted molar refractivity (Wildman–Crippen MR) is 108 cm³/mol. The van der Waals surface area contributed by atoms with Crippen LogP contribution in [0.3, 0.4) is 0 Å². The van der Waals surface area contributed by atoms with Gasteiger partial charge in [-0.25, -0.2) is 13.2 Å². The molecule has 0 saturated heterocycles. The fraction of sp³-hybridized carbons (Fsp3) is 0.455. The molecule has 0 radical (unpaired) electrons. The molecule has 2 heterocycles. The SMILES string of the molecule is Cc1cc2c(s1)CCN(C(=O)CCNC(=O)C1CC(F)(F)C1)C2c1ccc(F)cc1. The highest BCUT2D eigenvalue weighted by Crippen LogP contribution is 2.42. The van der Waals surface area contributed by atoms with E-state index in [9.17, 15) is 22.8 Å². The van der Waals surface area contributed by atoms with Gasteiger partial charge in [-0.3, -0.25) is 9.59 Å². The van der Waals surface area contributed by atoms with Crippen molar-refractivity contribution in [3.8, 4) is 0 Å². The Bertz CT molecular complexity index is 950. The fourth-order valence-corrected chi connectivity index (χ4v) is 5.28. The monoisotopic (exact) mass is 436 g/mol. The van der Waals surface area contributed by atoms with Crippen molar-refractivity contribution in [2.24, 2.45) is 5.92 Å². The first-order valence-corrected chi connectivity index (χ1v) is 10.8. The van der Waals surface area contributed by atoms with Crippen molar-refractivity contribution < 1.29 is 22.8 Å². The molecule has 1 aromatic heterocycles. The molecule has 0 spiro atoms. The highest BCUT2D eigenvalue weighted by atomic mass is 32.1. The Labute approximate surface area is 177 Å². The minimum Gasteiger partial charge on any atom is -0.355 e. The van der Waals surface area contributed by atoms with Crippen molar-refractivity contribution in [3.05, 3.63) is 57.0 Å². The first kappa shape index (κ1) is 20.9. The Morgan fingerprint density at radius 1 is 1.23 bits per heavy atom. The van der Waals surface area contributed by atoms with Crippen molar-refractivity contribution in [1.29, 1.82) is 0 Å². The molecule has 30 heavy (non-hydrogen) atoms. The Hall–Kier alpha value is -2.35. The van der Waals surface area contributed by atoms with Crippen LogP contribution in [-0.4, -0.2) is 35.7 Å². The predicted octanol–water partition coefficient (Wildman–Crippen LogP) is 4.22. The van der Waals surface area contributed by atoms with E-state index in [0.717, 1.165) is 22.4 Å². The molecule has 8 heteroatoms. The van der Waals surface area contributed by atoms with Crippen molar-refractivity contribution in [2.75, 3.05) is 13.1 Å². The summed E-state index contributed by atoms with van der Waals surface area (Å²) in [5.41, 5.74) is 1.90. The van der Waals surface area contributed by atoms with Gasteiger partial charge < -0.3 is 10.2 Å². The van der Waals surface area contributed by atoms with Crippen LogP contribution in [0.4, 0.5) is 13.2 Å². The summed E-state index contributed by atoms with van der Waals surface area (Å²) in [6.07, 6.45) is -0.0105. The number of nitrogens with zero attached hydrogens (tertiary/aromatic N) is 1. The molecule has 1 aromatic carbocycles. The van der Waals surface area contributed by atoms with Gasteiger partial charge in [-0.2, -0.15) is 0 Å². The molecule has 4 rings (SSSR count). The zero-order chi connectivity index (χ0) is 21.5. The van der Waals surface area contributed by atoms with Gasteiger partial charge in [0, 0.05) is 48.0 Å². The standard InChI is InChI=1S/C22H23F3N2O2S/c1-13-10-17-18(30-13)7-9-27(20(17)14-2-4-16(23)5-3-14)19(28)6-8-26-21(29)15-11-22(24,25)12-15/h2-5,10,15,20H,6-9,11-12H2,1H3,(H,26,29). The van der Waals surface area contributed by atoms with Crippen molar-refractivity contribution >= 4 is 23.2 Å². The number of alkyl halides is 2. The third-order valence-electron chi connectivity index (χ3n) is 5.76. The number of carbonyl (C=O) groups is 2. The lowest BCUT2D eigenvalue weighted by molar-refractivity contribution is -0.150. The van der Waals surface area contributed by atoms with Gasteiger partial charge in [0.2, 0.25) is 17.7 Å². The number of thiophene rings is 1. The van der Waals surface area contributed by atoms with E-state index in [1.807, 2.05) is 6.92 Å². The largest absolute Gasteiger partial charge is 0.355 e. The minimum atomic E-state index is -2.75. The van der Waals surface area contributed by atoms with Crippen molar-refractivity contribution in [2.45, 2.75) is 44.6 Å². The summed E-state index contributed by atoms with van der Waals surface area (Å²) in [5, 5.41) is 2.61. The number of amides is 2. The fourth-order valence-electron chi connectivity index (χ4n) is 4.23. The van der Waals surface area contributed by atoms with Gasteiger partial charge in [-0.1, -0.05) is 12.1 Å². The van der Waals surface area contributed by atoms with E-state index in [1.54, 1.807) is 28.4 Å². The maximum absolute atomic E-state index is 13.4. The molecule has 4 nitrogen and oxygen atoms in total. The van der Waals surface area contributed by atoms with Crippen LogP contribution < -0.4 is 5.32 Å². The second kappa shape index (κ2) is 8.06. The van der Waals surface area contributed by atoms with E-state index >= 15 is 0 Å². The molecule has 1 unspecified atom stereocenters. The van der Waals surface area contributed by atoms with Crippen LogP contribution in [0.5, 0.6) is 0 Å². The maximum atomic E-state index is 13.4. The molecule has 1 aliphatic heterocycles. The van der Waals surface area contributed by atoms with Crippen LogP contribution in [0.25, 0.3) is 0 Å². The number of hydrogen-bond donors (Lipinski definition) is 1. The molecule has 0 bridgehead atoms. The lowest BCUT2D eigenvalue weighted by Crippen LogP contribution is -2.46. The summed E-state index contributed by atoms with van der Waals surface area (Å²) in [4.78, 5) is 29.1. The van der Waals surface area contributed by atoms with E-state index in [-0.39, 0.29) is 30.7 Å². The number of fused-ring (bicyclic) bond motifs is 1. The van der Waals surface area contributed by atoms with E-state index in [2.05, 4.69) is 11.4 Å². The number of nitrogens with one attached hydrogen (secondary N) is 1. The van der Waals surface area contributed by atoms with Gasteiger partial charge in [-0.05, 0) is 42.7 Å². The third kappa shape index (κ3) is 4.24. The number of aryl methyl sites for hydroxylation is 1. The molecule has 1 aliphatic carbocycles. The maximum Gasteiger partial charge on any atom is 0.249 e. The van der Waals surface area contributed by atoms with Gasteiger partial charge in [0.15, 0.2) is 0 Å². The highest BCUT2D eigenvalue weighted by Gasteiger charge is 2.48. The molecule has 2 amide bonds. The Morgan fingerprint density at radius 2 is 1.93 bits per heavy atom. The number of carbonyl (C=O) groups excluding carboxylic acids is 2. The number of rotatable bonds is 5. The van der Waals surface area contributed by atoms with Crippen molar-refractivity contribution in [1.82, 2.24) is 10.2 Å². The van der Waals surface area contributed by atoms with Crippen LogP contribution in [-0.2, 0) is 16.0 Å². The summed E-state index contributed by atoms with van der Waals surface area (Å²) in [7, 11) is 0. The van der Waals surface area contributed by atoms with Crippen LogP contribution in [0.1, 0.15) is 46.2 Å². The lowest BCUT2D eigenvalue weighted by atomic mass is 9.81. The molecule has 1 fully saturated rings. The van der Waals surface area contributed by atoms with Crippen LogP contribution >= 0.6 is 11.3 Å². The summed E-state index contributed by atoms with van der Waals surface area (Å²) in [6, 6.07) is 7.95. The zero-order valence-electron chi connectivity index (χ0n) is 16.6. The Balaban J connectivity index is 1.44. The average Bonchev–Trinajstić information content (AvgIpc) is 3.06. The van der Waals surface area contributed by atoms with Gasteiger partial charge in [0.25, 0.3) is 0 Å². The average molecular weight is 436 g/mol. The zero-order valence-corrected chi connectivity index (χ0v) is 17.4. The highest BCUT2D eigenvalue weighted by molar-refractivity contribution is 7.12. The van der Waals surface area contributed by atoms with Gasteiger partial charge >= 0.3 is 0 Å². The molecule has 1 atom stereocenters. The van der Waals surface area contributed by atoms with Crippen LogP contribution in [0.15, 0.2) is 30.3 Å². The summed E-state index contributed by atoms with van der Waals surface area (Å²) in [6.45, 7) is 2.68. The van der Waals surface area contributed by atoms with Crippen molar-refractivity contribution in [3.63, 3.8) is 0 Å². The van der Waals surface area contributed by atoms with E-state index < -0.39 is 30.6 Å². The van der Waals surface area contributed by atoms with E-state index in [0.29, 0.717) is 6.54 Å². The molecular weight excluding hydrogens is 413 g/mol. The minimum absolute atomic E-state index is 0.0883. The first-order valence-electron chi connectivity index (χ1n) is 10.0. The second-order valence-electron chi connectivity index (χ2n) is 8.03. The van der Waals surface area contributed by atoms with Gasteiger partial charge in [0.05, 0.1) is 6.04 Å². The molecule has 2 aromatic rings. The molecule has 2 aliphatic rings. The van der Waals surface area contributed by atoms with Crippen LogP contribution in [0.2, 0.25) is 0 Å². The van der Waals surface area contributed by atoms with E-state index in [4.69, 9.17) is 0 Å². The summed E-state index contributed by atoms with van der Waals surface area (Å²) >= 11 is 1.71. The van der Waals surface area contributed by atoms with Gasteiger partial charge in [-0.15, -0.1) is 11.3 Å². The lowest BCUT2D eigenvalue weighted by Gasteiger charge is -2.36. The first-order chi connectivity index (χ1) is 14.2. The summed E-state index contributed by atoms with van der Waals surface area (Å²) in [5.74, 6) is -4.30.